The Kier molecular flexibility index (Phi) is 7.53. The van der Waals surface area contributed by atoms with Crippen molar-refractivity contribution in [2.75, 3.05) is 4.90 Å². The fraction of sp³-hybridized carbons (Fsp3) is 0. The predicted octanol–water partition coefficient (Wildman–Crippen LogP) is 15.5. The average Bonchev–Trinajstić information content (AvgIpc) is 3.64. The molecule has 0 aliphatic heterocycles. The fourth-order valence-corrected chi connectivity index (χ4v) is 8.58. The first-order valence-electron chi connectivity index (χ1n) is 19.2. The number of fused-ring (bicyclic) bond motifs is 7. The molecule has 0 spiro atoms. The summed E-state index contributed by atoms with van der Waals surface area (Å²) in [6.07, 6.45) is 0. The monoisotopic (exact) mass is 713 g/mol. The van der Waals surface area contributed by atoms with Gasteiger partial charge in [0, 0.05) is 27.7 Å². The van der Waals surface area contributed by atoms with Crippen molar-refractivity contribution in [3.8, 4) is 33.4 Å². The number of para-hydroxylation sites is 1. The van der Waals surface area contributed by atoms with Crippen molar-refractivity contribution in [3.05, 3.63) is 212 Å². The highest BCUT2D eigenvalue weighted by Gasteiger charge is 2.21. The van der Waals surface area contributed by atoms with E-state index in [0.29, 0.717) is 0 Å². The van der Waals surface area contributed by atoms with Crippen LogP contribution in [0.3, 0.4) is 0 Å². The molecule has 0 unspecified atom stereocenters. The fourth-order valence-electron chi connectivity index (χ4n) is 8.58. The van der Waals surface area contributed by atoms with Gasteiger partial charge in [-0.3, -0.25) is 0 Å². The lowest BCUT2D eigenvalue weighted by atomic mass is 9.93. The van der Waals surface area contributed by atoms with E-state index in [9.17, 15) is 0 Å². The van der Waals surface area contributed by atoms with Gasteiger partial charge in [-0.15, -0.1) is 0 Å². The van der Waals surface area contributed by atoms with E-state index in [4.69, 9.17) is 4.42 Å². The number of nitrogens with zero attached hydrogens (tertiary/aromatic N) is 1. The summed E-state index contributed by atoms with van der Waals surface area (Å²) in [7, 11) is 0. The van der Waals surface area contributed by atoms with Crippen LogP contribution in [0.2, 0.25) is 0 Å². The maximum Gasteiger partial charge on any atom is 0.136 e. The first-order valence-corrected chi connectivity index (χ1v) is 19.2. The highest BCUT2D eigenvalue weighted by molar-refractivity contribution is 6.17. The van der Waals surface area contributed by atoms with Crippen molar-refractivity contribution in [3.63, 3.8) is 0 Å². The van der Waals surface area contributed by atoms with Gasteiger partial charge in [-0.25, -0.2) is 0 Å². The predicted molar refractivity (Wildman–Crippen MR) is 237 cm³/mol. The summed E-state index contributed by atoms with van der Waals surface area (Å²) in [5.41, 5.74) is 12.1. The minimum atomic E-state index is 0.883. The van der Waals surface area contributed by atoms with Gasteiger partial charge in [-0.2, -0.15) is 0 Å². The van der Waals surface area contributed by atoms with Crippen molar-refractivity contribution >= 4 is 71.3 Å². The Morgan fingerprint density at radius 2 is 0.875 bits per heavy atom. The van der Waals surface area contributed by atoms with Gasteiger partial charge in [0.15, 0.2) is 0 Å². The zero-order valence-electron chi connectivity index (χ0n) is 30.6. The van der Waals surface area contributed by atoms with Crippen molar-refractivity contribution in [2.45, 2.75) is 0 Å². The molecular weight excluding hydrogens is 679 g/mol. The standard InChI is InChI=1S/C54H35NO/c1-2-13-36(14-3-1)37-25-29-42(30-26-37)55(43-31-27-38(28-32-43)49-34-41-17-6-7-18-44(41)45-19-8-9-20-46(45)49)51-23-11-10-21-47(51)48-22-12-24-52-54(48)50-33-39-15-4-5-16-40(39)35-53(50)56-52/h1-35H. The molecule has 1 heterocycles. The zero-order chi connectivity index (χ0) is 37.0. The number of anilines is 3. The lowest BCUT2D eigenvalue weighted by molar-refractivity contribution is 0.669. The minimum Gasteiger partial charge on any atom is -0.456 e. The van der Waals surface area contributed by atoms with Gasteiger partial charge in [0.25, 0.3) is 0 Å². The Bertz CT molecular complexity index is 3230. The van der Waals surface area contributed by atoms with Crippen LogP contribution in [0.4, 0.5) is 17.1 Å². The first-order chi connectivity index (χ1) is 27.8. The van der Waals surface area contributed by atoms with Crippen LogP contribution in [-0.2, 0) is 0 Å². The summed E-state index contributed by atoms with van der Waals surface area (Å²) in [5, 5.41) is 9.66. The first kappa shape index (κ1) is 32.0. The van der Waals surface area contributed by atoms with Gasteiger partial charge in [0.2, 0.25) is 0 Å². The molecule has 0 aliphatic rings. The molecule has 2 nitrogen and oxygen atoms in total. The largest absolute Gasteiger partial charge is 0.456 e. The van der Waals surface area contributed by atoms with E-state index < -0.39 is 0 Å². The highest BCUT2D eigenvalue weighted by atomic mass is 16.3. The van der Waals surface area contributed by atoms with Crippen LogP contribution in [0, 0.1) is 0 Å². The van der Waals surface area contributed by atoms with E-state index >= 15 is 0 Å². The summed E-state index contributed by atoms with van der Waals surface area (Å²) >= 11 is 0. The Morgan fingerprint density at radius 1 is 0.304 bits per heavy atom. The second kappa shape index (κ2) is 13.2. The topological polar surface area (TPSA) is 16.4 Å². The molecule has 0 bridgehead atoms. The molecular formula is C54H35NO. The molecule has 0 radical (unpaired) electrons. The summed E-state index contributed by atoms with van der Waals surface area (Å²) in [4.78, 5) is 2.39. The third kappa shape index (κ3) is 5.34. The number of rotatable bonds is 6. The van der Waals surface area contributed by atoms with E-state index in [2.05, 4.69) is 217 Å². The molecule has 0 aliphatic carbocycles. The number of hydrogen-bond donors (Lipinski definition) is 0. The average molecular weight is 714 g/mol. The molecule has 11 rings (SSSR count). The molecule has 1 aromatic heterocycles. The molecule has 262 valence electrons. The molecule has 0 fully saturated rings. The summed E-state index contributed by atoms with van der Waals surface area (Å²) in [6.45, 7) is 0. The van der Waals surface area contributed by atoms with Gasteiger partial charge in [-0.1, -0.05) is 158 Å². The maximum absolute atomic E-state index is 6.55. The van der Waals surface area contributed by atoms with Gasteiger partial charge in [-0.05, 0) is 115 Å². The van der Waals surface area contributed by atoms with Crippen LogP contribution in [0.5, 0.6) is 0 Å². The Labute approximate surface area is 325 Å². The van der Waals surface area contributed by atoms with E-state index in [1.54, 1.807) is 0 Å². The third-order valence-corrected chi connectivity index (χ3v) is 11.2. The van der Waals surface area contributed by atoms with Gasteiger partial charge >= 0.3 is 0 Å². The number of furan rings is 1. The van der Waals surface area contributed by atoms with Gasteiger partial charge in [0.1, 0.15) is 11.2 Å². The number of hydrogen-bond acceptors (Lipinski definition) is 2. The van der Waals surface area contributed by atoms with E-state index in [0.717, 1.165) is 50.1 Å². The quantitative estimate of drug-likeness (QED) is 0.160. The molecule has 0 N–H and O–H groups in total. The Balaban J connectivity index is 1.10. The van der Waals surface area contributed by atoms with Crippen LogP contribution in [0.15, 0.2) is 217 Å². The molecule has 0 saturated carbocycles. The molecule has 56 heavy (non-hydrogen) atoms. The van der Waals surface area contributed by atoms with Crippen LogP contribution in [-0.4, -0.2) is 0 Å². The second-order valence-corrected chi connectivity index (χ2v) is 14.5. The van der Waals surface area contributed by atoms with Gasteiger partial charge in [0.05, 0.1) is 5.69 Å². The van der Waals surface area contributed by atoms with Crippen molar-refractivity contribution in [1.82, 2.24) is 0 Å². The smallest absolute Gasteiger partial charge is 0.136 e. The maximum atomic E-state index is 6.55. The summed E-state index contributed by atoms with van der Waals surface area (Å²) in [5.74, 6) is 0. The van der Waals surface area contributed by atoms with E-state index in [-0.39, 0.29) is 0 Å². The third-order valence-electron chi connectivity index (χ3n) is 11.2. The highest BCUT2D eigenvalue weighted by Crippen LogP contribution is 2.46. The van der Waals surface area contributed by atoms with E-state index in [1.807, 2.05) is 0 Å². The minimum absolute atomic E-state index is 0.883. The van der Waals surface area contributed by atoms with Crippen LogP contribution in [0.25, 0.3) is 87.6 Å². The Hall–Kier alpha value is -7.42. The SMILES string of the molecule is c1ccc(-c2ccc(N(c3ccc(-c4cc5ccccc5c5ccccc45)cc3)c3ccccc3-c3cccc4oc5cc6ccccc6cc5c34)cc2)cc1. The normalized spacial score (nSPS) is 11.6. The zero-order valence-corrected chi connectivity index (χ0v) is 30.6. The van der Waals surface area contributed by atoms with Crippen LogP contribution >= 0.6 is 0 Å². The summed E-state index contributed by atoms with van der Waals surface area (Å²) < 4.78 is 6.55. The van der Waals surface area contributed by atoms with Crippen LogP contribution < -0.4 is 4.90 Å². The lowest BCUT2D eigenvalue weighted by Gasteiger charge is -2.28. The molecule has 0 atom stereocenters. The Morgan fingerprint density at radius 3 is 1.64 bits per heavy atom. The van der Waals surface area contributed by atoms with Crippen LogP contribution in [0.1, 0.15) is 0 Å². The molecule has 0 amide bonds. The lowest BCUT2D eigenvalue weighted by Crippen LogP contribution is -2.11. The second-order valence-electron chi connectivity index (χ2n) is 14.5. The summed E-state index contributed by atoms with van der Waals surface area (Å²) in [6, 6.07) is 76.5. The molecule has 10 aromatic carbocycles. The van der Waals surface area contributed by atoms with Crippen molar-refractivity contribution < 1.29 is 4.42 Å². The van der Waals surface area contributed by atoms with Gasteiger partial charge < -0.3 is 9.32 Å². The molecule has 11 aromatic rings. The number of benzene rings is 10. The van der Waals surface area contributed by atoms with E-state index in [1.165, 1.54) is 54.6 Å². The van der Waals surface area contributed by atoms with Crippen molar-refractivity contribution in [1.29, 1.82) is 0 Å². The van der Waals surface area contributed by atoms with Crippen molar-refractivity contribution in [2.24, 2.45) is 0 Å². The molecule has 2 heteroatoms. The molecule has 0 saturated heterocycles.